The molecule has 3 nitrogen and oxygen atoms in total. The van der Waals surface area contributed by atoms with Crippen molar-refractivity contribution in [3.63, 3.8) is 0 Å². The van der Waals surface area contributed by atoms with Crippen LogP contribution in [0.3, 0.4) is 0 Å². The quantitative estimate of drug-likeness (QED) is 0.696. The molecule has 0 aromatic heterocycles. The summed E-state index contributed by atoms with van der Waals surface area (Å²) in [5.41, 5.74) is 1.04. The van der Waals surface area contributed by atoms with Crippen LogP contribution in [0.25, 0.3) is 5.57 Å². The Kier molecular flexibility index (Phi) is 2.62. The van der Waals surface area contributed by atoms with Crippen molar-refractivity contribution < 1.29 is 14.3 Å². The lowest BCUT2D eigenvalue weighted by Gasteiger charge is -2.27. The minimum absolute atomic E-state index is 0.0285. The van der Waals surface area contributed by atoms with Gasteiger partial charge in [0, 0.05) is 11.0 Å². The average molecular weight is 230 g/mol. The molecule has 3 heteroatoms. The predicted octanol–water partition coefficient (Wildman–Crippen LogP) is 2.47. The van der Waals surface area contributed by atoms with E-state index in [1.807, 2.05) is 0 Å². The summed E-state index contributed by atoms with van der Waals surface area (Å²) in [5.74, 6) is -0.376. The molecule has 0 amide bonds. The zero-order valence-electron chi connectivity index (χ0n) is 10.1. The fourth-order valence-corrected chi connectivity index (χ4v) is 2.05. The molecule has 0 unspecified atom stereocenters. The molecule has 0 radical (unpaired) electrons. The lowest BCUT2D eigenvalue weighted by Crippen LogP contribution is -2.28. The van der Waals surface area contributed by atoms with E-state index in [0.717, 1.165) is 0 Å². The summed E-state index contributed by atoms with van der Waals surface area (Å²) in [4.78, 5) is 23.9. The second-order valence-corrected chi connectivity index (χ2v) is 4.65. The molecule has 0 bridgehead atoms. The number of fused-ring (bicyclic) bond motifs is 1. The first kappa shape index (κ1) is 11.6. The number of esters is 1. The molecule has 0 N–H and O–H groups in total. The summed E-state index contributed by atoms with van der Waals surface area (Å²) in [6.07, 6.45) is 1.68. The number of carbonyl (C=O) groups is 2. The van der Waals surface area contributed by atoms with Gasteiger partial charge in [-0.15, -0.1) is 0 Å². The van der Waals surface area contributed by atoms with Crippen molar-refractivity contribution >= 4 is 17.3 Å². The molecule has 0 spiro atoms. The van der Waals surface area contributed by atoms with Gasteiger partial charge < -0.3 is 4.74 Å². The number of allylic oxidation sites excluding steroid dienone is 1. The summed E-state index contributed by atoms with van der Waals surface area (Å²) in [6, 6.07) is 7.12. The summed E-state index contributed by atoms with van der Waals surface area (Å²) in [5, 5.41) is 0. The van der Waals surface area contributed by atoms with Crippen molar-refractivity contribution in [1.82, 2.24) is 0 Å². The first-order valence-corrected chi connectivity index (χ1v) is 5.43. The van der Waals surface area contributed by atoms with E-state index < -0.39 is 11.4 Å². The molecular weight excluding hydrogens is 216 g/mol. The fraction of sp³-hybridized carbons (Fsp3) is 0.286. The van der Waals surface area contributed by atoms with Gasteiger partial charge in [-0.3, -0.25) is 4.79 Å². The highest BCUT2D eigenvalue weighted by Gasteiger charge is 2.35. The number of ether oxygens (including phenoxy) is 1. The van der Waals surface area contributed by atoms with Gasteiger partial charge in [-0.1, -0.05) is 30.3 Å². The molecule has 0 fully saturated rings. The second kappa shape index (κ2) is 3.84. The maximum atomic E-state index is 12.2. The van der Waals surface area contributed by atoms with Crippen LogP contribution >= 0.6 is 0 Å². The lowest BCUT2D eigenvalue weighted by molar-refractivity contribution is -0.133. The van der Waals surface area contributed by atoms with Crippen LogP contribution < -0.4 is 0 Å². The molecule has 0 saturated heterocycles. The predicted molar refractivity (Wildman–Crippen MR) is 64.5 cm³/mol. The molecule has 1 aromatic carbocycles. The average Bonchev–Trinajstić information content (AvgIpc) is 2.33. The minimum Gasteiger partial charge on any atom is -0.465 e. The lowest BCUT2D eigenvalue weighted by atomic mass is 9.75. The summed E-state index contributed by atoms with van der Waals surface area (Å²) < 4.78 is 4.76. The highest BCUT2D eigenvalue weighted by atomic mass is 16.5. The van der Waals surface area contributed by atoms with Crippen molar-refractivity contribution in [2.75, 3.05) is 7.11 Å². The third-order valence-electron chi connectivity index (χ3n) is 2.96. The number of carbonyl (C=O) groups excluding carboxylic acids is 2. The van der Waals surface area contributed by atoms with E-state index >= 15 is 0 Å². The van der Waals surface area contributed by atoms with Crippen molar-refractivity contribution in [3.05, 3.63) is 41.5 Å². The largest absolute Gasteiger partial charge is 0.465 e. The number of Topliss-reactive ketones (excluding diaryl/α,β-unsaturated/α-hetero) is 1. The van der Waals surface area contributed by atoms with Gasteiger partial charge in [0.2, 0.25) is 0 Å². The van der Waals surface area contributed by atoms with Gasteiger partial charge in [-0.05, 0) is 19.4 Å². The Hall–Kier alpha value is -1.90. The Balaban J connectivity index is 2.67. The van der Waals surface area contributed by atoms with Gasteiger partial charge in [-0.2, -0.15) is 0 Å². The molecule has 17 heavy (non-hydrogen) atoms. The zero-order chi connectivity index (χ0) is 12.6. The van der Waals surface area contributed by atoms with E-state index in [1.165, 1.54) is 7.11 Å². The Morgan fingerprint density at radius 1 is 1.18 bits per heavy atom. The van der Waals surface area contributed by atoms with Crippen molar-refractivity contribution in [2.24, 2.45) is 5.41 Å². The van der Waals surface area contributed by atoms with E-state index in [0.29, 0.717) is 16.7 Å². The van der Waals surface area contributed by atoms with Crippen LogP contribution in [0.15, 0.2) is 30.3 Å². The number of rotatable bonds is 1. The smallest absolute Gasteiger partial charge is 0.338 e. The van der Waals surface area contributed by atoms with Gasteiger partial charge in [0.05, 0.1) is 12.7 Å². The molecule has 1 aromatic rings. The van der Waals surface area contributed by atoms with Crippen LogP contribution in [0.4, 0.5) is 0 Å². The molecule has 1 aliphatic rings. The summed E-state index contributed by atoms with van der Waals surface area (Å²) in [6.45, 7) is 3.60. The van der Waals surface area contributed by atoms with Gasteiger partial charge in [0.15, 0.2) is 5.78 Å². The topological polar surface area (TPSA) is 43.4 Å². The van der Waals surface area contributed by atoms with Crippen LogP contribution in [-0.2, 0) is 9.53 Å². The Morgan fingerprint density at radius 3 is 2.35 bits per heavy atom. The monoisotopic (exact) mass is 230 g/mol. The fourth-order valence-electron chi connectivity index (χ4n) is 2.05. The highest BCUT2D eigenvalue weighted by Crippen LogP contribution is 2.36. The Bertz CT molecular complexity index is 524. The molecule has 0 saturated carbocycles. The first-order chi connectivity index (χ1) is 7.97. The van der Waals surface area contributed by atoms with Gasteiger partial charge >= 0.3 is 5.97 Å². The molecule has 0 heterocycles. The van der Waals surface area contributed by atoms with Crippen LogP contribution in [0.2, 0.25) is 0 Å². The molecule has 0 atom stereocenters. The maximum Gasteiger partial charge on any atom is 0.338 e. The standard InChI is InChI=1S/C14H14O3/c1-14(2)8-11(13(16)17-3)9-6-4-5-7-10(9)12(14)15/h4-8H,1-3H3. The molecule has 2 rings (SSSR count). The van der Waals surface area contributed by atoms with Crippen LogP contribution in [0.5, 0.6) is 0 Å². The van der Waals surface area contributed by atoms with Gasteiger partial charge in [0.25, 0.3) is 0 Å². The van der Waals surface area contributed by atoms with Crippen LogP contribution in [0.1, 0.15) is 29.8 Å². The van der Waals surface area contributed by atoms with Gasteiger partial charge in [0.1, 0.15) is 0 Å². The van der Waals surface area contributed by atoms with Crippen molar-refractivity contribution in [3.8, 4) is 0 Å². The van der Waals surface area contributed by atoms with E-state index in [1.54, 1.807) is 44.2 Å². The molecular formula is C14H14O3. The molecule has 88 valence electrons. The van der Waals surface area contributed by atoms with E-state index in [-0.39, 0.29) is 5.78 Å². The third kappa shape index (κ3) is 1.78. The number of hydrogen-bond donors (Lipinski definition) is 0. The number of hydrogen-bond acceptors (Lipinski definition) is 3. The molecule has 1 aliphatic carbocycles. The van der Waals surface area contributed by atoms with E-state index in [9.17, 15) is 9.59 Å². The summed E-state index contributed by atoms with van der Waals surface area (Å²) in [7, 11) is 1.34. The number of ketones is 1. The number of methoxy groups -OCH3 is 1. The highest BCUT2D eigenvalue weighted by molar-refractivity contribution is 6.23. The number of benzene rings is 1. The second-order valence-electron chi connectivity index (χ2n) is 4.65. The first-order valence-electron chi connectivity index (χ1n) is 5.43. The zero-order valence-corrected chi connectivity index (χ0v) is 10.1. The van der Waals surface area contributed by atoms with Gasteiger partial charge in [-0.25, -0.2) is 4.79 Å². The van der Waals surface area contributed by atoms with Crippen LogP contribution in [0, 0.1) is 5.41 Å². The molecule has 0 aliphatic heterocycles. The summed E-state index contributed by atoms with van der Waals surface area (Å²) >= 11 is 0. The van der Waals surface area contributed by atoms with E-state index in [4.69, 9.17) is 4.74 Å². The third-order valence-corrected chi connectivity index (χ3v) is 2.96. The SMILES string of the molecule is COC(=O)C1=CC(C)(C)C(=O)c2ccccc21. The van der Waals surface area contributed by atoms with Crippen molar-refractivity contribution in [2.45, 2.75) is 13.8 Å². The van der Waals surface area contributed by atoms with Crippen molar-refractivity contribution in [1.29, 1.82) is 0 Å². The minimum atomic E-state index is -0.669. The van der Waals surface area contributed by atoms with Crippen LogP contribution in [-0.4, -0.2) is 18.9 Å². The normalized spacial score (nSPS) is 17.1. The van der Waals surface area contributed by atoms with E-state index in [2.05, 4.69) is 0 Å². The Labute approximate surface area is 100 Å². The Morgan fingerprint density at radius 2 is 1.76 bits per heavy atom. The maximum absolute atomic E-state index is 12.2.